The van der Waals surface area contributed by atoms with Crippen LogP contribution in [0.1, 0.15) is 43.2 Å². The van der Waals surface area contributed by atoms with E-state index in [0.29, 0.717) is 10.9 Å². The van der Waals surface area contributed by atoms with Gasteiger partial charge in [0, 0.05) is 10.9 Å². The molecule has 0 saturated heterocycles. The smallest absolute Gasteiger partial charge is 0.382 e. The Balaban J connectivity index is 1.86. The third-order valence-corrected chi connectivity index (χ3v) is 4.83. The van der Waals surface area contributed by atoms with Crippen LogP contribution in [0.15, 0.2) is 34.1 Å². The summed E-state index contributed by atoms with van der Waals surface area (Å²) in [4.78, 5) is 24.2. The van der Waals surface area contributed by atoms with Gasteiger partial charge in [-0.05, 0) is 25.0 Å². The molecule has 1 amide bonds. The number of nitrogens with two attached hydrogens (primary N) is 1. The van der Waals surface area contributed by atoms with E-state index in [-0.39, 0.29) is 10.4 Å². The summed E-state index contributed by atoms with van der Waals surface area (Å²) in [6, 6.07) is 1.78. The zero-order valence-corrected chi connectivity index (χ0v) is 14.9. The summed E-state index contributed by atoms with van der Waals surface area (Å²) in [5.74, 6) is -0.584. The van der Waals surface area contributed by atoms with E-state index in [1.165, 1.54) is 18.0 Å². The van der Waals surface area contributed by atoms with E-state index in [1.54, 1.807) is 12.3 Å². The van der Waals surface area contributed by atoms with E-state index >= 15 is 0 Å². The highest BCUT2D eigenvalue weighted by molar-refractivity contribution is 8.15. The van der Waals surface area contributed by atoms with Gasteiger partial charge in [-0.25, -0.2) is 0 Å². The van der Waals surface area contributed by atoms with E-state index in [1.807, 2.05) is 6.92 Å². The van der Waals surface area contributed by atoms with Crippen LogP contribution in [0.3, 0.4) is 0 Å². The number of carbonyl (C=O) groups excluding carboxylic acids is 1. The van der Waals surface area contributed by atoms with Crippen molar-refractivity contribution in [2.24, 2.45) is 10.7 Å². The van der Waals surface area contributed by atoms with Gasteiger partial charge < -0.3 is 15.5 Å². The molecular weight excluding hydrogens is 345 g/mol. The maximum absolute atomic E-state index is 12.8. The van der Waals surface area contributed by atoms with Gasteiger partial charge in [-0.1, -0.05) is 25.6 Å². The maximum Gasteiger partial charge on any atom is 0.382 e. The van der Waals surface area contributed by atoms with Gasteiger partial charge in [-0.15, -0.1) is 4.39 Å². The van der Waals surface area contributed by atoms with Gasteiger partial charge in [0.25, 0.3) is 5.91 Å². The molecule has 3 rings (SSSR count). The number of carbonyl (C=O) groups is 1. The molecule has 2 aromatic heterocycles. The number of aromatic nitrogens is 2. The van der Waals surface area contributed by atoms with Crippen molar-refractivity contribution < 1.29 is 13.6 Å². The molecule has 0 bridgehead atoms. The van der Waals surface area contributed by atoms with Crippen molar-refractivity contribution in [1.82, 2.24) is 9.97 Å². The summed E-state index contributed by atoms with van der Waals surface area (Å²) in [5, 5.41) is 3.14. The van der Waals surface area contributed by atoms with Crippen molar-refractivity contribution in [2.75, 3.05) is 5.32 Å². The van der Waals surface area contributed by atoms with E-state index < -0.39 is 17.6 Å². The lowest BCUT2D eigenvalue weighted by atomic mass is 9.84. The van der Waals surface area contributed by atoms with Crippen molar-refractivity contribution >= 4 is 28.5 Å². The van der Waals surface area contributed by atoms with Gasteiger partial charge >= 0.3 is 6.14 Å². The van der Waals surface area contributed by atoms with Crippen LogP contribution in [0.2, 0.25) is 0 Å². The molecule has 7 nitrogen and oxygen atoms in total. The van der Waals surface area contributed by atoms with Gasteiger partial charge in [0.15, 0.2) is 10.9 Å². The fourth-order valence-electron chi connectivity index (χ4n) is 2.97. The molecule has 0 radical (unpaired) electrons. The van der Waals surface area contributed by atoms with Gasteiger partial charge in [-0.3, -0.25) is 14.8 Å². The second kappa shape index (κ2) is 6.14. The summed E-state index contributed by atoms with van der Waals surface area (Å²) in [6.07, 6.45) is 3.86. The Kier molecular flexibility index (Phi) is 4.28. The highest BCUT2D eigenvalue weighted by Crippen LogP contribution is 2.44. The molecule has 0 saturated carbocycles. The van der Waals surface area contributed by atoms with Crippen LogP contribution in [-0.2, 0) is 5.54 Å². The number of rotatable bonds is 3. The molecule has 1 aliphatic rings. The molecule has 3 N–H and O–H groups in total. The molecule has 9 heteroatoms. The Bertz CT molecular complexity index is 851. The molecule has 0 aliphatic carbocycles. The molecule has 25 heavy (non-hydrogen) atoms. The number of halogens is 1. The third kappa shape index (κ3) is 3.81. The van der Waals surface area contributed by atoms with E-state index in [0.717, 1.165) is 18.2 Å². The minimum Gasteiger partial charge on any atom is -0.423 e. The number of hydrogen-bond acceptors (Lipinski definition) is 7. The highest BCUT2D eigenvalue weighted by atomic mass is 32.2. The number of aliphatic imine (C=N–C) groups is 1. The fourth-order valence-corrected chi connectivity index (χ4v) is 4.14. The SMILES string of the molecule is CC1(C)C[C@@](C)(c2cncc(NC(=O)c3coc(F)n3)c2)N=C(N)S1. The first-order valence-corrected chi connectivity index (χ1v) is 8.41. The van der Waals surface area contributed by atoms with Crippen molar-refractivity contribution in [1.29, 1.82) is 0 Å². The number of thioether (sulfide) groups is 1. The predicted octanol–water partition coefficient (Wildman–Crippen LogP) is 2.91. The van der Waals surface area contributed by atoms with Gasteiger partial charge in [-0.2, -0.15) is 4.98 Å². The lowest BCUT2D eigenvalue weighted by Gasteiger charge is -2.39. The number of amides is 1. The van der Waals surface area contributed by atoms with Crippen LogP contribution in [0.5, 0.6) is 0 Å². The first kappa shape index (κ1) is 17.4. The highest BCUT2D eigenvalue weighted by Gasteiger charge is 2.39. The number of oxazole rings is 1. The molecule has 0 spiro atoms. The van der Waals surface area contributed by atoms with Crippen molar-refractivity contribution in [3.63, 3.8) is 0 Å². The largest absolute Gasteiger partial charge is 0.423 e. The molecule has 1 aliphatic heterocycles. The fraction of sp³-hybridized carbons (Fsp3) is 0.375. The zero-order valence-electron chi connectivity index (χ0n) is 14.0. The number of nitrogens with one attached hydrogen (secondary N) is 1. The van der Waals surface area contributed by atoms with Crippen molar-refractivity contribution in [3.05, 3.63) is 42.1 Å². The van der Waals surface area contributed by atoms with Crippen LogP contribution in [0, 0.1) is 6.14 Å². The molecular formula is C16H18FN5O2S. The quantitative estimate of drug-likeness (QED) is 0.868. The molecule has 132 valence electrons. The van der Waals surface area contributed by atoms with Crippen molar-refractivity contribution in [3.8, 4) is 0 Å². The minimum absolute atomic E-state index is 0.0714. The predicted molar refractivity (Wildman–Crippen MR) is 93.9 cm³/mol. The molecule has 2 aromatic rings. The zero-order chi connectivity index (χ0) is 18.2. The normalized spacial score (nSPS) is 22.3. The van der Waals surface area contributed by atoms with Crippen LogP contribution < -0.4 is 11.1 Å². The monoisotopic (exact) mass is 363 g/mol. The van der Waals surface area contributed by atoms with Gasteiger partial charge in [0.1, 0.15) is 6.26 Å². The average molecular weight is 363 g/mol. The van der Waals surface area contributed by atoms with Gasteiger partial charge in [0.05, 0.1) is 17.4 Å². The summed E-state index contributed by atoms with van der Waals surface area (Å²) in [6.45, 7) is 6.20. The molecule has 0 fully saturated rings. The molecule has 0 aromatic carbocycles. The average Bonchev–Trinajstić information content (AvgIpc) is 2.92. The Labute approximate surface area is 148 Å². The minimum atomic E-state index is -1.06. The van der Waals surface area contributed by atoms with Crippen LogP contribution in [-0.4, -0.2) is 25.8 Å². The standard InChI is InChI=1S/C16H18FN5O2S/c1-15(2)8-16(3,22-14(18)25-15)9-4-10(6-19-5-9)20-12(23)11-7-24-13(17)21-11/h4-7H,8H2,1-3H3,(H2,18,22)(H,20,23)/t16-/m0/s1. The first-order chi connectivity index (χ1) is 11.7. The first-order valence-electron chi connectivity index (χ1n) is 7.59. The summed E-state index contributed by atoms with van der Waals surface area (Å²) in [5.41, 5.74) is 6.58. The Hall–Kier alpha value is -2.42. The van der Waals surface area contributed by atoms with E-state index in [9.17, 15) is 9.18 Å². The van der Waals surface area contributed by atoms with Crippen LogP contribution in [0.25, 0.3) is 0 Å². The maximum atomic E-state index is 12.8. The van der Waals surface area contributed by atoms with Crippen LogP contribution in [0.4, 0.5) is 10.1 Å². The molecule has 1 atom stereocenters. The lowest BCUT2D eigenvalue weighted by molar-refractivity contribution is 0.102. The number of amidine groups is 1. The lowest BCUT2D eigenvalue weighted by Crippen LogP contribution is -2.38. The Morgan fingerprint density at radius 1 is 1.40 bits per heavy atom. The second-order valence-electron chi connectivity index (χ2n) is 6.66. The Morgan fingerprint density at radius 3 is 2.80 bits per heavy atom. The number of anilines is 1. The summed E-state index contributed by atoms with van der Waals surface area (Å²) in [7, 11) is 0. The van der Waals surface area contributed by atoms with Crippen molar-refractivity contribution in [2.45, 2.75) is 37.5 Å². The molecule has 3 heterocycles. The van der Waals surface area contributed by atoms with E-state index in [4.69, 9.17) is 5.73 Å². The topological polar surface area (TPSA) is 106 Å². The second-order valence-corrected chi connectivity index (χ2v) is 8.39. The number of hydrogen-bond donors (Lipinski definition) is 2. The molecule has 0 unspecified atom stereocenters. The third-order valence-electron chi connectivity index (χ3n) is 3.83. The summed E-state index contributed by atoms with van der Waals surface area (Å²) < 4.78 is 17.1. The van der Waals surface area contributed by atoms with Crippen LogP contribution >= 0.6 is 11.8 Å². The Morgan fingerprint density at radius 2 is 2.16 bits per heavy atom. The van der Waals surface area contributed by atoms with Gasteiger partial charge in [0.2, 0.25) is 0 Å². The van der Waals surface area contributed by atoms with E-state index in [2.05, 4.69) is 38.5 Å². The number of pyridine rings is 1. The number of nitrogens with zero attached hydrogens (tertiary/aromatic N) is 3. The summed E-state index contributed by atoms with van der Waals surface area (Å²) >= 11 is 1.54.